The Morgan fingerprint density at radius 2 is 1.88 bits per heavy atom. The molecule has 0 bridgehead atoms. The van der Waals surface area contributed by atoms with Gasteiger partial charge in [-0.1, -0.05) is 19.9 Å². The molecule has 0 aliphatic heterocycles. The fourth-order valence-electron chi connectivity index (χ4n) is 3.14. The summed E-state index contributed by atoms with van der Waals surface area (Å²) in [6.45, 7) is 4.75. The molecule has 6 nitrogen and oxygen atoms in total. The van der Waals surface area contributed by atoms with Gasteiger partial charge in [0.25, 0.3) is 0 Å². The summed E-state index contributed by atoms with van der Waals surface area (Å²) in [5.74, 6) is -1.70. The van der Waals surface area contributed by atoms with E-state index >= 15 is 0 Å². The highest BCUT2D eigenvalue weighted by atomic mass is 32.2. The molecule has 0 spiro atoms. The van der Waals surface area contributed by atoms with Crippen LogP contribution in [0.25, 0.3) is 0 Å². The standard InChI is InChI=1S/C16H19F3O6S/c1-5-24-14(20)12-13(25-26(21,22)16(17,18)19)10-7-6-9(23-4)8-11(10)15(12,2)3/h6-8,12-13H,5H2,1-4H3. The lowest BCUT2D eigenvalue weighted by atomic mass is 9.78. The third-order valence-corrected chi connectivity index (χ3v) is 5.42. The molecule has 10 heteroatoms. The van der Waals surface area contributed by atoms with Crippen LogP contribution in [0.3, 0.4) is 0 Å². The summed E-state index contributed by atoms with van der Waals surface area (Å²) in [5, 5.41) is 0. The van der Waals surface area contributed by atoms with Crippen LogP contribution in [-0.2, 0) is 29.2 Å². The van der Waals surface area contributed by atoms with Crippen molar-refractivity contribution < 1.29 is 40.0 Å². The molecule has 146 valence electrons. The van der Waals surface area contributed by atoms with Gasteiger partial charge in [0.05, 0.1) is 19.6 Å². The molecule has 0 saturated carbocycles. The Morgan fingerprint density at radius 3 is 2.38 bits per heavy atom. The van der Waals surface area contributed by atoms with Gasteiger partial charge in [-0.2, -0.15) is 21.6 Å². The van der Waals surface area contributed by atoms with E-state index in [2.05, 4.69) is 4.18 Å². The SMILES string of the molecule is CCOC(=O)C1C(OS(=O)(=O)C(F)(F)F)c2ccc(OC)cc2C1(C)C. The number of benzene rings is 1. The second kappa shape index (κ2) is 6.73. The lowest BCUT2D eigenvalue weighted by molar-refractivity contribution is -0.154. The van der Waals surface area contributed by atoms with Crippen LogP contribution in [0, 0.1) is 5.92 Å². The van der Waals surface area contributed by atoms with Crippen LogP contribution in [0.5, 0.6) is 5.75 Å². The van der Waals surface area contributed by atoms with E-state index in [1.807, 2.05) is 0 Å². The monoisotopic (exact) mass is 396 g/mol. The first-order valence-electron chi connectivity index (χ1n) is 7.71. The first-order chi connectivity index (χ1) is 11.9. The molecule has 1 aliphatic carbocycles. The van der Waals surface area contributed by atoms with Crippen molar-refractivity contribution in [1.82, 2.24) is 0 Å². The zero-order valence-corrected chi connectivity index (χ0v) is 15.4. The van der Waals surface area contributed by atoms with E-state index in [1.165, 1.54) is 19.2 Å². The van der Waals surface area contributed by atoms with Crippen molar-refractivity contribution in [2.75, 3.05) is 13.7 Å². The fraction of sp³-hybridized carbons (Fsp3) is 0.562. The van der Waals surface area contributed by atoms with Gasteiger partial charge in [0.2, 0.25) is 0 Å². The van der Waals surface area contributed by atoms with E-state index in [0.29, 0.717) is 11.3 Å². The summed E-state index contributed by atoms with van der Waals surface area (Å²) in [6, 6.07) is 4.40. The van der Waals surface area contributed by atoms with E-state index in [4.69, 9.17) is 9.47 Å². The molecular formula is C16H19F3O6S. The van der Waals surface area contributed by atoms with Gasteiger partial charge in [-0.3, -0.25) is 8.98 Å². The molecule has 26 heavy (non-hydrogen) atoms. The van der Waals surface area contributed by atoms with Gasteiger partial charge in [-0.25, -0.2) is 0 Å². The summed E-state index contributed by atoms with van der Waals surface area (Å²) in [7, 11) is -4.50. The highest BCUT2D eigenvalue weighted by Crippen LogP contribution is 2.53. The molecule has 0 amide bonds. The molecule has 0 saturated heterocycles. The Bertz CT molecular complexity index is 801. The fourth-order valence-corrected chi connectivity index (χ4v) is 3.74. The zero-order chi connectivity index (χ0) is 19.9. The Hall–Kier alpha value is -1.81. The maximum Gasteiger partial charge on any atom is 0.523 e. The summed E-state index contributed by atoms with van der Waals surface area (Å²) in [6.07, 6.45) is -1.66. The van der Waals surface area contributed by atoms with Crippen molar-refractivity contribution in [2.45, 2.75) is 37.8 Å². The maximum absolute atomic E-state index is 12.8. The zero-order valence-electron chi connectivity index (χ0n) is 14.6. The number of hydrogen-bond donors (Lipinski definition) is 0. The van der Waals surface area contributed by atoms with Crippen molar-refractivity contribution >= 4 is 16.1 Å². The largest absolute Gasteiger partial charge is 0.523 e. The van der Waals surface area contributed by atoms with E-state index < -0.39 is 39.0 Å². The first-order valence-corrected chi connectivity index (χ1v) is 9.12. The lowest BCUT2D eigenvalue weighted by Gasteiger charge is -2.29. The van der Waals surface area contributed by atoms with E-state index in [-0.39, 0.29) is 12.2 Å². The van der Waals surface area contributed by atoms with Crippen LogP contribution < -0.4 is 4.74 Å². The molecule has 1 aliphatic rings. The molecule has 2 rings (SSSR count). The molecule has 0 heterocycles. The second-order valence-corrected chi connectivity index (χ2v) is 7.88. The minimum absolute atomic E-state index is 0.0101. The molecule has 2 unspecified atom stereocenters. The van der Waals surface area contributed by atoms with Crippen molar-refractivity contribution in [3.8, 4) is 5.75 Å². The predicted octanol–water partition coefficient (Wildman–Crippen LogP) is 3.07. The number of halogens is 3. The number of ether oxygens (including phenoxy) is 2. The van der Waals surface area contributed by atoms with Crippen LogP contribution in [0.15, 0.2) is 18.2 Å². The summed E-state index contributed by atoms with van der Waals surface area (Å²) >= 11 is 0. The smallest absolute Gasteiger partial charge is 0.497 e. The Labute approximate surface area is 149 Å². The molecule has 0 radical (unpaired) electrons. The van der Waals surface area contributed by atoms with Crippen LogP contribution in [0.4, 0.5) is 13.2 Å². The Balaban J connectivity index is 2.61. The number of carbonyl (C=O) groups excluding carboxylic acids is 1. The van der Waals surface area contributed by atoms with Crippen molar-refractivity contribution in [3.05, 3.63) is 29.3 Å². The number of rotatable bonds is 5. The molecule has 0 aromatic heterocycles. The maximum atomic E-state index is 12.8. The highest BCUT2D eigenvalue weighted by Gasteiger charge is 2.57. The molecule has 1 aromatic carbocycles. The predicted molar refractivity (Wildman–Crippen MR) is 84.9 cm³/mol. The first kappa shape index (κ1) is 20.5. The Kier molecular flexibility index (Phi) is 5.31. The minimum atomic E-state index is -5.91. The third kappa shape index (κ3) is 3.39. The van der Waals surface area contributed by atoms with Gasteiger partial charge >= 0.3 is 21.6 Å². The summed E-state index contributed by atoms with van der Waals surface area (Å²) in [5.41, 5.74) is -6.02. The van der Waals surface area contributed by atoms with Gasteiger partial charge in [0.1, 0.15) is 11.9 Å². The van der Waals surface area contributed by atoms with Gasteiger partial charge in [-0.05, 0) is 30.2 Å². The number of alkyl halides is 3. The van der Waals surface area contributed by atoms with Gasteiger partial charge in [0.15, 0.2) is 0 Å². The van der Waals surface area contributed by atoms with Crippen LogP contribution in [0.2, 0.25) is 0 Å². The van der Waals surface area contributed by atoms with E-state index in [9.17, 15) is 26.4 Å². The molecule has 2 atom stereocenters. The average molecular weight is 396 g/mol. The number of methoxy groups -OCH3 is 1. The molecule has 0 fully saturated rings. The van der Waals surface area contributed by atoms with Crippen molar-refractivity contribution in [1.29, 1.82) is 0 Å². The summed E-state index contributed by atoms with van der Waals surface area (Å²) in [4.78, 5) is 12.4. The highest BCUT2D eigenvalue weighted by molar-refractivity contribution is 7.87. The Morgan fingerprint density at radius 1 is 1.27 bits per heavy atom. The second-order valence-electron chi connectivity index (χ2n) is 6.32. The number of hydrogen-bond acceptors (Lipinski definition) is 6. The van der Waals surface area contributed by atoms with Crippen LogP contribution >= 0.6 is 0 Å². The van der Waals surface area contributed by atoms with E-state index in [1.54, 1.807) is 26.8 Å². The molecule has 0 N–H and O–H groups in total. The van der Waals surface area contributed by atoms with Crippen molar-refractivity contribution in [3.63, 3.8) is 0 Å². The van der Waals surface area contributed by atoms with Gasteiger partial charge in [0, 0.05) is 5.41 Å². The summed E-state index contributed by atoms with van der Waals surface area (Å²) < 4.78 is 76.1. The average Bonchev–Trinajstić information content (AvgIpc) is 2.73. The van der Waals surface area contributed by atoms with Crippen LogP contribution in [0.1, 0.15) is 38.0 Å². The number of esters is 1. The molecular weight excluding hydrogens is 377 g/mol. The lowest BCUT2D eigenvalue weighted by Crippen LogP contribution is -2.37. The quantitative estimate of drug-likeness (QED) is 0.432. The number of carbonyl (C=O) groups is 1. The number of fused-ring (bicyclic) bond motifs is 1. The topological polar surface area (TPSA) is 78.9 Å². The van der Waals surface area contributed by atoms with Crippen LogP contribution in [-0.4, -0.2) is 33.6 Å². The van der Waals surface area contributed by atoms with Gasteiger partial charge < -0.3 is 9.47 Å². The van der Waals surface area contributed by atoms with Gasteiger partial charge in [-0.15, -0.1) is 0 Å². The van der Waals surface area contributed by atoms with Crippen molar-refractivity contribution in [2.24, 2.45) is 5.92 Å². The third-order valence-electron chi connectivity index (χ3n) is 4.40. The van der Waals surface area contributed by atoms with E-state index in [0.717, 1.165) is 0 Å². The minimum Gasteiger partial charge on any atom is -0.497 e. The normalized spacial score (nSPS) is 22.0. The molecule has 1 aromatic rings.